The first-order valence-corrected chi connectivity index (χ1v) is 10.8. The van der Waals surface area contributed by atoms with Gasteiger partial charge in [0, 0.05) is 37.7 Å². The zero-order valence-corrected chi connectivity index (χ0v) is 20.1. The molecule has 3 heterocycles. The maximum absolute atomic E-state index is 13.6. The summed E-state index contributed by atoms with van der Waals surface area (Å²) in [5.74, 6) is -5.00. The quantitative estimate of drug-likeness (QED) is 0.525. The lowest BCUT2D eigenvalue weighted by Crippen LogP contribution is -2.64. The van der Waals surface area contributed by atoms with E-state index in [1.807, 2.05) is 7.05 Å². The minimum atomic E-state index is -5.08. The topological polar surface area (TPSA) is 127 Å². The number of amides is 1. The van der Waals surface area contributed by atoms with Crippen LogP contribution in [0.25, 0.3) is 0 Å². The molecule has 0 aliphatic carbocycles. The van der Waals surface area contributed by atoms with Gasteiger partial charge in [-0.15, -0.1) is 0 Å². The second-order valence-corrected chi connectivity index (χ2v) is 8.38. The van der Waals surface area contributed by atoms with Crippen molar-refractivity contribution >= 4 is 29.4 Å². The SMILES string of the molecule is CN1CC(=O)N(c2cccc(F)c2)CC12CCN(c1cnccn1)C2.O=C(O)C(F)(F)F.O=C(O)C(F)(F)F. The van der Waals surface area contributed by atoms with Crippen molar-refractivity contribution in [2.45, 2.75) is 24.3 Å². The van der Waals surface area contributed by atoms with Crippen LogP contribution in [0.1, 0.15) is 6.42 Å². The molecule has 2 aliphatic heterocycles. The highest BCUT2D eigenvalue weighted by Crippen LogP contribution is 2.34. The number of aliphatic carboxylic acids is 2. The van der Waals surface area contributed by atoms with Crippen LogP contribution in [-0.2, 0) is 14.4 Å². The Morgan fingerprint density at radius 2 is 1.59 bits per heavy atom. The van der Waals surface area contributed by atoms with Gasteiger partial charge in [-0.1, -0.05) is 6.07 Å². The predicted molar refractivity (Wildman–Crippen MR) is 120 cm³/mol. The van der Waals surface area contributed by atoms with Crippen molar-refractivity contribution in [3.63, 3.8) is 0 Å². The number of likely N-dealkylation sites (N-methyl/N-ethyl adjacent to an activating group) is 1. The molecule has 1 spiro atoms. The van der Waals surface area contributed by atoms with Gasteiger partial charge in [0.1, 0.15) is 11.6 Å². The van der Waals surface area contributed by atoms with Gasteiger partial charge >= 0.3 is 24.3 Å². The van der Waals surface area contributed by atoms with E-state index in [4.69, 9.17) is 19.8 Å². The van der Waals surface area contributed by atoms with Crippen LogP contribution in [0.5, 0.6) is 0 Å². The van der Waals surface area contributed by atoms with Gasteiger partial charge in [0.05, 0.1) is 18.3 Å². The summed E-state index contributed by atoms with van der Waals surface area (Å²) in [6.07, 6.45) is -4.14. The molecule has 214 valence electrons. The van der Waals surface area contributed by atoms with Crippen LogP contribution >= 0.6 is 0 Å². The van der Waals surface area contributed by atoms with Crippen LogP contribution in [-0.4, -0.2) is 94.0 Å². The number of anilines is 2. The smallest absolute Gasteiger partial charge is 0.475 e. The fourth-order valence-corrected chi connectivity index (χ4v) is 3.79. The molecule has 1 atom stereocenters. The fraction of sp³-hybridized carbons (Fsp3) is 0.409. The third-order valence-electron chi connectivity index (χ3n) is 5.75. The van der Waals surface area contributed by atoms with Crippen LogP contribution in [0.15, 0.2) is 42.9 Å². The first-order chi connectivity index (χ1) is 18.0. The molecule has 2 N–H and O–H groups in total. The lowest BCUT2D eigenvalue weighted by molar-refractivity contribution is -0.193. The van der Waals surface area contributed by atoms with E-state index >= 15 is 0 Å². The molecule has 2 aliphatic rings. The number of piperazine rings is 1. The molecule has 4 rings (SSSR count). The summed E-state index contributed by atoms with van der Waals surface area (Å²) in [4.78, 5) is 44.9. The summed E-state index contributed by atoms with van der Waals surface area (Å²) in [5.41, 5.74) is 0.452. The summed E-state index contributed by atoms with van der Waals surface area (Å²) < 4.78 is 77.1. The third-order valence-corrected chi connectivity index (χ3v) is 5.75. The Morgan fingerprint density at radius 1 is 1.00 bits per heavy atom. The van der Waals surface area contributed by atoms with E-state index in [0.29, 0.717) is 18.8 Å². The molecule has 2 saturated heterocycles. The standard InChI is InChI=1S/C18H20FN5O.2C2HF3O2/c1-22-11-17(25)24(15-4-2-3-14(19)9-15)13-18(22)5-8-23(12-18)16-10-20-6-7-21-16;2*3-2(4,5)1(6)7/h2-4,6-7,9-10H,5,8,11-13H2,1H3;2*(H,6,7). The molecule has 39 heavy (non-hydrogen) atoms. The number of aromatic nitrogens is 2. The minimum Gasteiger partial charge on any atom is -0.475 e. The molecule has 1 aromatic carbocycles. The van der Waals surface area contributed by atoms with E-state index in [0.717, 1.165) is 25.3 Å². The normalized spacial score (nSPS) is 19.6. The van der Waals surface area contributed by atoms with Gasteiger partial charge in [-0.05, 0) is 31.7 Å². The molecule has 0 radical (unpaired) electrons. The van der Waals surface area contributed by atoms with Gasteiger partial charge in [-0.3, -0.25) is 14.7 Å². The number of hydrogen-bond donors (Lipinski definition) is 2. The van der Waals surface area contributed by atoms with E-state index in [2.05, 4.69) is 19.8 Å². The van der Waals surface area contributed by atoms with Crippen molar-refractivity contribution in [3.8, 4) is 0 Å². The average Bonchev–Trinajstić information content (AvgIpc) is 3.27. The van der Waals surface area contributed by atoms with Gasteiger partial charge < -0.3 is 20.0 Å². The monoisotopic (exact) mass is 569 g/mol. The number of alkyl halides is 6. The number of carboxylic acids is 2. The predicted octanol–water partition coefficient (Wildman–Crippen LogP) is 2.81. The molecule has 1 unspecified atom stereocenters. The van der Waals surface area contributed by atoms with Crippen LogP contribution in [0.3, 0.4) is 0 Å². The molecule has 10 nitrogen and oxygen atoms in total. The average molecular weight is 569 g/mol. The number of nitrogens with zero attached hydrogens (tertiary/aromatic N) is 5. The Labute approximate surface area is 216 Å². The molecule has 17 heteroatoms. The number of carboxylic acid groups (broad SMARTS) is 2. The highest BCUT2D eigenvalue weighted by Gasteiger charge is 2.48. The largest absolute Gasteiger partial charge is 0.490 e. The van der Waals surface area contributed by atoms with Gasteiger partial charge in [0.25, 0.3) is 0 Å². The van der Waals surface area contributed by atoms with E-state index in [1.165, 1.54) is 12.1 Å². The second-order valence-electron chi connectivity index (χ2n) is 8.38. The third kappa shape index (κ3) is 8.49. The van der Waals surface area contributed by atoms with Gasteiger partial charge in [0.2, 0.25) is 5.91 Å². The van der Waals surface area contributed by atoms with Crippen molar-refractivity contribution in [3.05, 3.63) is 48.7 Å². The summed E-state index contributed by atoms with van der Waals surface area (Å²) in [6, 6.07) is 6.25. The Morgan fingerprint density at radius 3 is 2.08 bits per heavy atom. The molecular weight excluding hydrogens is 547 g/mol. The Hall–Kier alpha value is -4.02. The van der Waals surface area contributed by atoms with Crippen molar-refractivity contribution in [2.75, 3.05) is 43.0 Å². The molecule has 0 saturated carbocycles. The van der Waals surface area contributed by atoms with Crippen molar-refractivity contribution in [1.29, 1.82) is 0 Å². The van der Waals surface area contributed by atoms with E-state index in [-0.39, 0.29) is 17.3 Å². The first kappa shape index (κ1) is 31.2. The Balaban J connectivity index is 0.000000317. The summed E-state index contributed by atoms with van der Waals surface area (Å²) in [5, 5.41) is 14.2. The summed E-state index contributed by atoms with van der Waals surface area (Å²) in [6.45, 7) is 2.49. The second kappa shape index (κ2) is 12.2. The zero-order valence-electron chi connectivity index (χ0n) is 20.1. The fourth-order valence-electron chi connectivity index (χ4n) is 3.79. The Bertz CT molecular complexity index is 1140. The van der Waals surface area contributed by atoms with Crippen LogP contribution < -0.4 is 9.80 Å². The number of carbonyl (C=O) groups excluding carboxylic acids is 1. The van der Waals surface area contributed by atoms with Gasteiger partial charge in [-0.25, -0.2) is 19.0 Å². The van der Waals surface area contributed by atoms with Crippen molar-refractivity contribution < 1.29 is 55.3 Å². The van der Waals surface area contributed by atoms with Gasteiger partial charge in [-0.2, -0.15) is 26.3 Å². The number of carbonyl (C=O) groups is 3. The highest BCUT2D eigenvalue weighted by atomic mass is 19.4. The van der Waals surface area contributed by atoms with Gasteiger partial charge in [0.15, 0.2) is 0 Å². The summed E-state index contributed by atoms with van der Waals surface area (Å²) >= 11 is 0. The minimum absolute atomic E-state index is 0.00308. The summed E-state index contributed by atoms with van der Waals surface area (Å²) in [7, 11) is 1.99. The van der Waals surface area contributed by atoms with E-state index in [1.54, 1.807) is 35.6 Å². The highest BCUT2D eigenvalue weighted by molar-refractivity contribution is 5.96. The maximum Gasteiger partial charge on any atom is 0.490 e. The lowest BCUT2D eigenvalue weighted by Gasteiger charge is -2.46. The number of halogens is 7. The zero-order chi connectivity index (χ0) is 29.6. The maximum atomic E-state index is 13.6. The lowest BCUT2D eigenvalue weighted by atomic mass is 9.92. The van der Waals surface area contributed by atoms with E-state index < -0.39 is 24.3 Å². The molecule has 2 aromatic rings. The number of hydrogen-bond acceptors (Lipinski definition) is 7. The molecule has 2 fully saturated rings. The molecule has 1 aromatic heterocycles. The van der Waals surface area contributed by atoms with Crippen molar-refractivity contribution in [1.82, 2.24) is 14.9 Å². The Kier molecular flexibility index (Phi) is 9.78. The molecule has 0 bridgehead atoms. The van der Waals surface area contributed by atoms with Crippen molar-refractivity contribution in [2.24, 2.45) is 0 Å². The van der Waals surface area contributed by atoms with Crippen LogP contribution in [0, 0.1) is 5.82 Å². The number of rotatable bonds is 2. The molecule has 1 amide bonds. The number of benzene rings is 1. The van der Waals surface area contributed by atoms with Crippen LogP contribution in [0.2, 0.25) is 0 Å². The first-order valence-electron chi connectivity index (χ1n) is 10.8. The van der Waals surface area contributed by atoms with Crippen LogP contribution in [0.4, 0.5) is 42.2 Å². The van der Waals surface area contributed by atoms with E-state index in [9.17, 15) is 35.5 Å². The molecular formula is C22H22F7N5O5.